The van der Waals surface area contributed by atoms with Gasteiger partial charge in [0.15, 0.2) is 17.5 Å². The van der Waals surface area contributed by atoms with Gasteiger partial charge in [0.05, 0.1) is 16.5 Å². The van der Waals surface area contributed by atoms with Crippen molar-refractivity contribution in [2.24, 2.45) is 0 Å². The van der Waals surface area contributed by atoms with Crippen LogP contribution in [0.2, 0.25) is 0 Å². The third-order valence-corrected chi connectivity index (χ3v) is 10.4. The largest absolute Gasteiger partial charge is 0.456 e. The molecule has 0 saturated heterocycles. The summed E-state index contributed by atoms with van der Waals surface area (Å²) in [6, 6.07) is 55.3. The Balaban J connectivity index is 1.14. The molecule has 0 spiro atoms. The highest BCUT2D eigenvalue weighted by Gasteiger charge is 2.19. The van der Waals surface area contributed by atoms with Gasteiger partial charge in [0.25, 0.3) is 0 Å². The lowest BCUT2D eigenvalue weighted by Gasteiger charge is -2.14. The molecule has 11 aromatic rings. The molecule has 3 aromatic heterocycles. The first-order valence-corrected chi connectivity index (χ1v) is 18.4. The van der Waals surface area contributed by atoms with Crippen LogP contribution in [0, 0.1) is 0 Å². The monoisotopic (exact) mass is 720 g/mol. The molecular weight excluding hydrogens is 685 g/mol. The van der Waals surface area contributed by atoms with E-state index in [-0.39, 0.29) is 24.2 Å². The van der Waals surface area contributed by atoms with Crippen molar-refractivity contribution in [1.29, 1.82) is 0 Å². The molecule has 8 aromatic carbocycles. The summed E-state index contributed by atoms with van der Waals surface area (Å²) in [5.41, 5.74) is 9.69. The molecule has 0 aliphatic carbocycles. The minimum atomic E-state index is -0.295. The molecule has 0 saturated carbocycles. The molecule has 5 heteroatoms. The van der Waals surface area contributed by atoms with Crippen molar-refractivity contribution >= 4 is 43.7 Å². The number of rotatable bonds is 6. The quantitative estimate of drug-likeness (QED) is 0.172. The zero-order valence-electron chi connectivity index (χ0n) is 33.9. The summed E-state index contributed by atoms with van der Waals surface area (Å²) in [4.78, 5) is 15.1. The molecule has 0 radical (unpaired) electrons. The summed E-state index contributed by atoms with van der Waals surface area (Å²) < 4.78 is 44.1. The second kappa shape index (κ2) is 13.0. The van der Waals surface area contributed by atoms with Crippen molar-refractivity contribution < 1.29 is 9.90 Å². The topological polar surface area (TPSA) is 56.7 Å². The number of hydrogen-bond acceptors (Lipinski definition) is 4. The van der Waals surface area contributed by atoms with E-state index in [1.54, 1.807) is 0 Å². The lowest BCUT2D eigenvalue weighted by molar-refractivity contribution is 0.669. The summed E-state index contributed by atoms with van der Waals surface area (Å²) in [6.07, 6.45) is 0. The maximum Gasteiger partial charge on any atom is 0.164 e. The van der Waals surface area contributed by atoms with E-state index in [1.807, 2.05) is 138 Å². The van der Waals surface area contributed by atoms with Crippen LogP contribution < -0.4 is 0 Å². The van der Waals surface area contributed by atoms with Gasteiger partial charge in [-0.15, -0.1) is 0 Å². The predicted molar refractivity (Wildman–Crippen MR) is 229 cm³/mol. The Morgan fingerprint density at radius 2 is 1.02 bits per heavy atom. The number of fused-ring (bicyclic) bond motifs is 6. The van der Waals surface area contributed by atoms with Crippen LogP contribution >= 0.6 is 0 Å². The summed E-state index contributed by atoms with van der Waals surface area (Å²) in [6.45, 7) is 0. The van der Waals surface area contributed by atoms with Crippen molar-refractivity contribution in [3.63, 3.8) is 0 Å². The Morgan fingerprint density at radius 1 is 0.411 bits per heavy atom. The second-order valence-electron chi connectivity index (χ2n) is 13.7. The van der Waals surface area contributed by atoms with E-state index in [9.17, 15) is 1.37 Å². The molecule has 0 N–H and O–H groups in total. The number of aromatic nitrogens is 4. The smallest absolute Gasteiger partial charge is 0.164 e. The Hall–Kier alpha value is -7.63. The zero-order chi connectivity index (χ0) is 40.5. The van der Waals surface area contributed by atoms with Gasteiger partial charge < -0.3 is 8.98 Å². The van der Waals surface area contributed by atoms with E-state index < -0.39 is 0 Å². The zero-order valence-corrected chi connectivity index (χ0v) is 29.9. The van der Waals surface area contributed by atoms with Gasteiger partial charge in [-0.05, 0) is 59.1 Å². The molecule has 3 heterocycles. The van der Waals surface area contributed by atoms with E-state index in [1.165, 1.54) is 0 Å². The first-order valence-electron chi connectivity index (χ1n) is 20.4. The molecule has 262 valence electrons. The van der Waals surface area contributed by atoms with E-state index >= 15 is 0 Å². The summed E-state index contributed by atoms with van der Waals surface area (Å²) in [7, 11) is 0. The molecular formula is C51H32N4O. The van der Waals surface area contributed by atoms with Crippen LogP contribution in [0.4, 0.5) is 0 Å². The van der Waals surface area contributed by atoms with Crippen LogP contribution in [0.5, 0.6) is 0 Å². The summed E-state index contributed by atoms with van der Waals surface area (Å²) in [5.74, 6) is 1.44. The van der Waals surface area contributed by atoms with Gasteiger partial charge in [-0.3, -0.25) is 0 Å². The minimum absolute atomic E-state index is 0.0860. The average Bonchev–Trinajstić information content (AvgIpc) is 3.87. The fourth-order valence-corrected chi connectivity index (χ4v) is 7.75. The van der Waals surface area contributed by atoms with Crippen molar-refractivity contribution in [1.82, 2.24) is 19.5 Å². The standard InChI is InChI=1S/C51H32N4O/c1-3-14-33(15-4-1)35-18-11-19-36(30-35)40-24-13-25-44-41-22-7-9-26-45(41)55(48(40)44)39-21-12-20-37(31-39)50-52-49(34-16-5-2-6-17-34)53-51(54-50)38-28-29-43-42-23-8-10-27-46(42)56-47(43)32-38/h1-32H/i7D,9D,22D,26D. The number of para-hydroxylation sites is 3. The molecule has 0 aliphatic heterocycles. The number of benzene rings is 8. The molecule has 0 amide bonds. The minimum Gasteiger partial charge on any atom is -0.456 e. The van der Waals surface area contributed by atoms with E-state index in [4.69, 9.17) is 23.5 Å². The third-order valence-electron chi connectivity index (χ3n) is 10.4. The van der Waals surface area contributed by atoms with Crippen molar-refractivity contribution in [3.8, 4) is 62.1 Å². The molecule has 0 atom stereocenters. The van der Waals surface area contributed by atoms with Crippen molar-refractivity contribution in [3.05, 3.63) is 194 Å². The van der Waals surface area contributed by atoms with Crippen LogP contribution in [0.3, 0.4) is 0 Å². The van der Waals surface area contributed by atoms with E-state index in [0.29, 0.717) is 39.6 Å². The summed E-state index contributed by atoms with van der Waals surface area (Å²) >= 11 is 0. The molecule has 56 heavy (non-hydrogen) atoms. The Labute approximate surface area is 328 Å². The van der Waals surface area contributed by atoms with E-state index in [2.05, 4.69) is 36.4 Å². The Morgan fingerprint density at radius 3 is 1.86 bits per heavy atom. The molecule has 0 aliphatic rings. The van der Waals surface area contributed by atoms with Crippen molar-refractivity contribution in [2.75, 3.05) is 0 Å². The van der Waals surface area contributed by atoms with Gasteiger partial charge in [0, 0.05) is 49.5 Å². The first kappa shape index (κ1) is 27.9. The number of hydrogen-bond donors (Lipinski definition) is 0. The molecule has 0 fully saturated rings. The SMILES string of the molecule is [2H]c1c([2H])c([2H])c2c(c1[2H])c1cccc(-c3cccc(-c4ccccc4)c3)c1n2-c1cccc(-c2nc(-c3ccccc3)nc(-c3ccc4c(c3)oc3ccccc34)n2)c1. The fraction of sp³-hybridized carbons (Fsp3) is 0. The Kier molecular flexibility index (Phi) is 6.50. The van der Waals surface area contributed by atoms with Gasteiger partial charge in [0.1, 0.15) is 11.2 Å². The van der Waals surface area contributed by atoms with Crippen LogP contribution in [-0.2, 0) is 0 Å². The third kappa shape index (κ3) is 5.37. The molecule has 5 nitrogen and oxygen atoms in total. The first-order chi connectivity index (χ1) is 29.4. The maximum atomic E-state index is 9.27. The van der Waals surface area contributed by atoms with Crippen molar-refractivity contribution in [2.45, 2.75) is 0 Å². The van der Waals surface area contributed by atoms with Gasteiger partial charge >= 0.3 is 0 Å². The molecule has 11 rings (SSSR count). The van der Waals surface area contributed by atoms with Gasteiger partial charge in [-0.1, -0.05) is 152 Å². The van der Waals surface area contributed by atoms with Gasteiger partial charge in [0.2, 0.25) is 0 Å². The van der Waals surface area contributed by atoms with E-state index in [0.717, 1.165) is 66.2 Å². The van der Waals surface area contributed by atoms with Crippen LogP contribution in [0.1, 0.15) is 5.48 Å². The summed E-state index contributed by atoms with van der Waals surface area (Å²) in [5, 5.41) is 3.23. The maximum absolute atomic E-state index is 9.27. The highest BCUT2D eigenvalue weighted by molar-refractivity contribution is 6.14. The second-order valence-corrected chi connectivity index (χ2v) is 13.7. The molecule has 0 unspecified atom stereocenters. The van der Waals surface area contributed by atoms with Crippen LogP contribution in [-0.4, -0.2) is 19.5 Å². The average molecular weight is 721 g/mol. The van der Waals surface area contributed by atoms with Gasteiger partial charge in [-0.25, -0.2) is 15.0 Å². The highest BCUT2D eigenvalue weighted by atomic mass is 16.3. The lowest BCUT2D eigenvalue weighted by atomic mass is 9.97. The predicted octanol–water partition coefficient (Wildman–Crippen LogP) is 13.2. The normalized spacial score (nSPS) is 12.6. The molecule has 0 bridgehead atoms. The highest BCUT2D eigenvalue weighted by Crippen LogP contribution is 2.40. The lowest BCUT2D eigenvalue weighted by Crippen LogP contribution is -2.01. The van der Waals surface area contributed by atoms with Crippen LogP contribution in [0.25, 0.3) is 106 Å². The fourth-order valence-electron chi connectivity index (χ4n) is 7.75. The Bertz CT molecular complexity index is 3490. The number of nitrogens with zero attached hydrogens (tertiary/aromatic N) is 4. The van der Waals surface area contributed by atoms with Crippen LogP contribution in [0.15, 0.2) is 198 Å². The van der Waals surface area contributed by atoms with Gasteiger partial charge in [-0.2, -0.15) is 0 Å². The number of furan rings is 1.